The van der Waals surface area contributed by atoms with E-state index in [0.29, 0.717) is 25.2 Å². The van der Waals surface area contributed by atoms with Crippen molar-refractivity contribution in [2.24, 2.45) is 0 Å². The van der Waals surface area contributed by atoms with Crippen LogP contribution in [-0.2, 0) is 10.0 Å². The number of benzene rings is 1. The van der Waals surface area contributed by atoms with Crippen LogP contribution >= 0.6 is 0 Å². The minimum absolute atomic E-state index is 0.0353. The Kier molecular flexibility index (Phi) is 7.17. The lowest BCUT2D eigenvalue weighted by Gasteiger charge is -2.33. The monoisotopic (exact) mass is 461 g/mol. The molecule has 2 aromatic rings. The van der Waals surface area contributed by atoms with E-state index in [1.807, 2.05) is 12.1 Å². The van der Waals surface area contributed by atoms with Gasteiger partial charge in [0.1, 0.15) is 16.4 Å². The summed E-state index contributed by atoms with van der Waals surface area (Å²) >= 11 is 0. The van der Waals surface area contributed by atoms with Crippen molar-refractivity contribution in [1.82, 2.24) is 14.5 Å². The number of rotatable bonds is 8. The number of hydrogen-bond acceptors (Lipinski definition) is 6. The third-order valence-corrected chi connectivity index (χ3v) is 8.19. The van der Waals surface area contributed by atoms with Crippen LogP contribution in [0.25, 0.3) is 0 Å². The molecule has 2 aliphatic heterocycles. The van der Waals surface area contributed by atoms with Crippen LogP contribution in [0.1, 0.15) is 54.3 Å². The SMILES string of the molecule is COc1ccc(C(=O)NC[C@@H](c2ccco2)N2CCCCC2)cc1S(=O)(=O)N1CCCC1. The number of carbonyl (C=O) groups excluding carboxylic acids is 1. The maximum Gasteiger partial charge on any atom is 0.251 e. The molecule has 2 fully saturated rings. The number of ether oxygens (including phenoxy) is 1. The third kappa shape index (κ3) is 4.84. The molecule has 0 spiro atoms. The lowest BCUT2D eigenvalue weighted by molar-refractivity contribution is 0.0914. The molecule has 2 aliphatic rings. The quantitative estimate of drug-likeness (QED) is 0.650. The Hall–Kier alpha value is -2.36. The van der Waals surface area contributed by atoms with Crippen molar-refractivity contribution < 1.29 is 22.4 Å². The lowest BCUT2D eigenvalue weighted by atomic mass is 10.1. The van der Waals surface area contributed by atoms with E-state index in [1.165, 1.54) is 23.9 Å². The molecule has 4 rings (SSSR count). The first kappa shape index (κ1) is 22.8. The lowest BCUT2D eigenvalue weighted by Crippen LogP contribution is -2.40. The van der Waals surface area contributed by atoms with Crippen molar-refractivity contribution >= 4 is 15.9 Å². The van der Waals surface area contributed by atoms with Gasteiger partial charge in [-0.05, 0) is 69.1 Å². The summed E-state index contributed by atoms with van der Waals surface area (Å²) in [6, 6.07) is 8.30. The maximum atomic E-state index is 13.1. The zero-order valence-corrected chi connectivity index (χ0v) is 19.3. The standard InChI is InChI=1S/C23H31N3O5S/c1-30-21-10-9-18(16-22(21)32(28,29)26-13-5-6-14-26)23(27)24-17-19(20-8-7-15-31-20)25-11-3-2-4-12-25/h7-10,15-16,19H,2-6,11-14,17H2,1H3,(H,24,27)/t19-/m0/s1. The average Bonchev–Trinajstić information content (AvgIpc) is 3.54. The average molecular weight is 462 g/mol. The van der Waals surface area contributed by atoms with Crippen LogP contribution in [0.15, 0.2) is 45.9 Å². The molecule has 3 heterocycles. The second kappa shape index (κ2) is 10.1. The number of piperidine rings is 1. The molecule has 174 valence electrons. The Balaban J connectivity index is 1.52. The van der Waals surface area contributed by atoms with Crippen LogP contribution in [0.5, 0.6) is 5.75 Å². The minimum Gasteiger partial charge on any atom is -0.495 e. The van der Waals surface area contributed by atoms with E-state index in [4.69, 9.17) is 9.15 Å². The number of nitrogens with zero attached hydrogens (tertiary/aromatic N) is 2. The van der Waals surface area contributed by atoms with Crippen molar-refractivity contribution in [3.8, 4) is 5.75 Å². The van der Waals surface area contributed by atoms with Crippen molar-refractivity contribution in [1.29, 1.82) is 0 Å². The highest BCUT2D eigenvalue weighted by molar-refractivity contribution is 7.89. The van der Waals surface area contributed by atoms with Crippen LogP contribution in [0.3, 0.4) is 0 Å². The maximum absolute atomic E-state index is 13.1. The van der Waals surface area contributed by atoms with Gasteiger partial charge in [0.15, 0.2) is 0 Å². The summed E-state index contributed by atoms with van der Waals surface area (Å²) < 4.78 is 38.6. The van der Waals surface area contributed by atoms with E-state index in [1.54, 1.807) is 18.4 Å². The van der Waals surface area contributed by atoms with Gasteiger partial charge in [-0.2, -0.15) is 4.31 Å². The summed E-state index contributed by atoms with van der Waals surface area (Å²) in [7, 11) is -2.28. The van der Waals surface area contributed by atoms with E-state index in [2.05, 4.69) is 10.2 Å². The molecule has 1 aromatic heterocycles. The Morgan fingerprint density at radius 3 is 2.47 bits per heavy atom. The molecule has 1 amide bonds. The van der Waals surface area contributed by atoms with E-state index >= 15 is 0 Å². The van der Waals surface area contributed by atoms with E-state index in [9.17, 15) is 13.2 Å². The Morgan fingerprint density at radius 1 is 1.09 bits per heavy atom. The first-order chi connectivity index (χ1) is 15.5. The van der Waals surface area contributed by atoms with Gasteiger partial charge < -0.3 is 14.5 Å². The van der Waals surface area contributed by atoms with Crippen molar-refractivity contribution in [3.63, 3.8) is 0 Å². The highest BCUT2D eigenvalue weighted by Crippen LogP contribution is 2.30. The molecule has 0 aliphatic carbocycles. The molecule has 1 N–H and O–H groups in total. The summed E-state index contributed by atoms with van der Waals surface area (Å²) in [5, 5.41) is 2.98. The number of amides is 1. The zero-order chi connectivity index (χ0) is 22.6. The van der Waals surface area contributed by atoms with Gasteiger partial charge in [-0.1, -0.05) is 6.42 Å². The molecule has 32 heavy (non-hydrogen) atoms. The Labute approximate surface area is 189 Å². The van der Waals surface area contributed by atoms with E-state index in [0.717, 1.165) is 44.5 Å². The van der Waals surface area contributed by atoms with Gasteiger partial charge >= 0.3 is 0 Å². The predicted octanol–water partition coefficient (Wildman–Crippen LogP) is 3.03. The fourth-order valence-corrected chi connectivity index (χ4v) is 6.20. The second-order valence-corrected chi connectivity index (χ2v) is 10.2. The summed E-state index contributed by atoms with van der Waals surface area (Å²) in [5.41, 5.74) is 0.292. The number of sulfonamides is 1. The molecule has 1 atom stereocenters. The molecule has 0 bridgehead atoms. The molecular formula is C23H31N3O5S. The summed E-state index contributed by atoms with van der Waals surface area (Å²) in [4.78, 5) is 15.4. The number of nitrogens with one attached hydrogen (secondary N) is 1. The number of furan rings is 1. The van der Waals surface area contributed by atoms with Crippen molar-refractivity contribution in [3.05, 3.63) is 47.9 Å². The van der Waals surface area contributed by atoms with Gasteiger partial charge in [-0.3, -0.25) is 9.69 Å². The van der Waals surface area contributed by atoms with Gasteiger partial charge in [-0.25, -0.2) is 8.42 Å². The summed E-state index contributed by atoms with van der Waals surface area (Å²) in [5.74, 6) is 0.744. The number of hydrogen-bond donors (Lipinski definition) is 1. The number of carbonyl (C=O) groups is 1. The normalized spacial score (nSPS) is 19.0. The molecule has 0 unspecified atom stereocenters. The molecule has 0 saturated carbocycles. The highest BCUT2D eigenvalue weighted by Gasteiger charge is 2.31. The van der Waals surface area contributed by atoms with E-state index < -0.39 is 10.0 Å². The van der Waals surface area contributed by atoms with Gasteiger partial charge in [0, 0.05) is 25.2 Å². The largest absolute Gasteiger partial charge is 0.495 e. The van der Waals surface area contributed by atoms with Crippen LogP contribution in [-0.4, -0.2) is 63.4 Å². The van der Waals surface area contributed by atoms with Crippen molar-refractivity contribution in [2.45, 2.75) is 43.0 Å². The summed E-state index contributed by atoms with van der Waals surface area (Å²) in [6.45, 7) is 3.28. The van der Waals surface area contributed by atoms with E-state index in [-0.39, 0.29) is 22.6 Å². The van der Waals surface area contributed by atoms with Gasteiger partial charge in [0.05, 0.1) is 19.4 Å². The molecule has 2 saturated heterocycles. The fraction of sp³-hybridized carbons (Fsp3) is 0.522. The molecule has 8 nitrogen and oxygen atoms in total. The molecular weight excluding hydrogens is 430 g/mol. The molecule has 1 aromatic carbocycles. The molecule has 0 radical (unpaired) electrons. The minimum atomic E-state index is -3.72. The van der Waals surface area contributed by atoms with Gasteiger partial charge in [-0.15, -0.1) is 0 Å². The van der Waals surface area contributed by atoms with Crippen LogP contribution in [0, 0.1) is 0 Å². The Morgan fingerprint density at radius 2 is 1.81 bits per heavy atom. The third-order valence-electron chi connectivity index (χ3n) is 6.27. The van der Waals surface area contributed by atoms with Gasteiger partial charge in [0.2, 0.25) is 10.0 Å². The molecule has 9 heteroatoms. The first-order valence-corrected chi connectivity index (χ1v) is 12.7. The fourth-order valence-electron chi connectivity index (χ4n) is 4.50. The predicted molar refractivity (Wildman–Crippen MR) is 120 cm³/mol. The van der Waals surface area contributed by atoms with Gasteiger partial charge in [0.25, 0.3) is 5.91 Å². The van der Waals surface area contributed by atoms with Crippen LogP contribution in [0.2, 0.25) is 0 Å². The smallest absolute Gasteiger partial charge is 0.251 e. The number of likely N-dealkylation sites (tertiary alicyclic amines) is 1. The first-order valence-electron chi connectivity index (χ1n) is 11.2. The van der Waals surface area contributed by atoms with Crippen molar-refractivity contribution in [2.75, 3.05) is 39.8 Å². The Bertz CT molecular complexity index is 1010. The van der Waals surface area contributed by atoms with Crippen LogP contribution in [0.4, 0.5) is 0 Å². The highest BCUT2D eigenvalue weighted by atomic mass is 32.2. The summed E-state index contributed by atoms with van der Waals surface area (Å²) in [6.07, 6.45) is 6.79. The van der Waals surface area contributed by atoms with Crippen LogP contribution < -0.4 is 10.1 Å². The topological polar surface area (TPSA) is 92.1 Å². The zero-order valence-electron chi connectivity index (χ0n) is 18.5. The second-order valence-electron chi connectivity index (χ2n) is 8.31. The number of methoxy groups -OCH3 is 1.